The number of rotatable bonds is 7. The summed E-state index contributed by atoms with van der Waals surface area (Å²) < 4.78 is 34.9. The largest absolute Gasteiger partial charge is 0.477 e. The first-order valence-corrected chi connectivity index (χ1v) is 9.50. The van der Waals surface area contributed by atoms with E-state index in [0.29, 0.717) is 25.1 Å². The molecule has 4 nitrogen and oxygen atoms in total. The molecule has 0 unspecified atom stereocenters. The number of nitrogens with one attached hydrogen (secondary N) is 1. The molecule has 1 aliphatic carbocycles. The molecule has 1 aromatic carbocycles. The van der Waals surface area contributed by atoms with E-state index in [-0.39, 0.29) is 5.69 Å². The molecular formula is C20H27F2N3O. The van der Waals surface area contributed by atoms with E-state index in [1.165, 1.54) is 48.9 Å². The van der Waals surface area contributed by atoms with Crippen LogP contribution >= 0.6 is 0 Å². The topological polar surface area (TPSA) is 39.1 Å². The van der Waals surface area contributed by atoms with Crippen LogP contribution < -0.4 is 10.1 Å². The Bertz CT molecular complexity index is 739. The maximum Gasteiger partial charge on any atom is 0.221 e. The smallest absolute Gasteiger partial charge is 0.221 e. The van der Waals surface area contributed by atoms with Gasteiger partial charge < -0.3 is 10.1 Å². The van der Waals surface area contributed by atoms with Gasteiger partial charge in [-0.15, -0.1) is 0 Å². The minimum atomic E-state index is -0.652. The van der Waals surface area contributed by atoms with Crippen molar-refractivity contribution in [3.8, 4) is 11.6 Å². The molecule has 0 saturated heterocycles. The monoisotopic (exact) mass is 363 g/mol. The van der Waals surface area contributed by atoms with Gasteiger partial charge in [-0.2, -0.15) is 9.78 Å². The molecule has 1 fully saturated rings. The molecule has 0 bridgehead atoms. The van der Waals surface area contributed by atoms with Crippen molar-refractivity contribution in [2.45, 2.75) is 65.0 Å². The van der Waals surface area contributed by atoms with Gasteiger partial charge in [0.1, 0.15) is 11.5 Å². The molecule has 1 heterocycles. The second-order valence-electron chi connectivity index (χ2n) is 6.94. The van der Waals surface area contributed by atoms with Crippen molar-refractivity contribution in [1.29, 1.82) is 0 Å². The number of benzene rings is 1. The third-order valence-electron chi connectivity index (χ3n) is 4.89. The number of aromatic nitrogens is 2. The van der Waals surface area contributed by atoms with Crippen LogP contribution in [-0.2, 0) is 6.54 Å². The molecule has 1 aromatic heterocycles. The molecule has 0 atom stereocenters. The summed E-state index contributed by atoms with van der Waals surface area (Å²) in [6.45, 7) is 5.07. The molecule has 1 aliphatic rings. The van der Waals surface area contributed by atoms with Crippen molar-refractivity contribution < 1.29 is 13.5 Å². The summed E-state index contributed by atoms with van der Waals surface area (Å²) in [5.74, 6) is -0.718. The minimum Gasteiger partial charge on any atom is -0.477 e. The van der Waals surface area contributed by atoms with Gasteiger partial charge in [-0.3, -0.25) is 0 Å². The molecule has 26 heavy (non-hydrogen) atoms. The van der Waals surface area contributed by atoms with Crippen LogP contribution in [0, 0.1) is 18.6 Å². The Morgan fingerprint density at radius 1 is 1.23 bits per heavy atom. The summed E-state index contributed by atoms with van der Waals surface area (Å²) in [6, 6.07) is 4.01. The van der Waals surface area contributed by atoms with Gasteiger partial charge >= 0.3 is 0 Å². The van der Waals surface area contributed by atoms with E-state index in [0.717, 1.165) is 23.7 Å². The molecule has 0 amide bonds. The molecule has 1 saturated carbocycles. The summed E-state index contributed by atoms with van der Waals surface area (Å²) in [4.78, 5) is 0. The lowest BCUT2D eigenvalue weighted by Gasteiger charge is -2.23. The highest BCUT2D eigenvalue weighted by Gasteiger charge is 2.21. The van der Waals surface area contributed by atoms with E-state index in [1.54, 1.807) is 0 Å². The van der Waals surface area contributed by atoms with Crippen LogP contribution in [0.3, 0.4) is 0 Å². The summed E-state index contributed by atoms with van der Waals surface area (Å²) >= 11 is 0. The average molecular weight is 363 g/mol. The fraction of sp³-hybridized carbons (Fsp3) is 0.550. The third kappa shape index (κ3) is 4.23. The Balaban J connectivity index is 1.89. The molecule has 0 aliphatic heterocycles. The van der Waals surface area contributed by atoms with Gasteiger partial charge in [0, 0.05) is 18.7 Å². The Morgan fingerprint density at radius 3 is 2.69 bits per heavy atom. The average Bonchev–Trinajstić information content (AvgIpc) is 2.94. The van der Waals surface area contributed by atoms with Crippen molar-refractivity contribution in [2.24, 2.45) is 0 Å². The van der Waals surface area contributed by atoms with Crippen LogP contribution in [0.15, 0.2) is 18.2 Å². The standard InChI is InChI=1S/C20H27F2N3O/c1-3-11-26-20-17(13-23-16-7-5-4-6-8-16)14(2)24-25(20)19-10-9-15(21)12-18(19)22/h9-10,12,16,23H,3-8,11,13H2,1-2H3. The number of aryl methyl sites for hydroxylation is 1. The van der Waals surface area contributed by atoms with Crippen LogP contribution in [0.5, 0.6) is 5.88 Å². The van der Waals surface area contributed by atoms with E-state index in [2.05, 4.69) is 10.4 Å². The maximum atomic E-state index is 14.3. The minimum absolute atomic E-state index is 0.199. The van der Waals surface area contributed by atoms with E-state index in [1.807, 2.05) is 13.8 Å². The molecule has 0 spiro atoms. The Kier molecular flexibility index (Phi) is 6.25. The second-order valence-corrected chi connectivity index (χ2v) is 6.94. The van der Waals surface area contributed by atoms with Gasteiger partial charge in [0.15, 0.2) is 5.82 Å². The van der Waals surface area contributed by atoms with Crippen molar-refractivity contribution in [3.05, 3.63) is 41.1 Å². The molecule has 142 valence electrons. The Morgan fingerprint density at radius 2 is 2.00 bits per heavy atom. The highest BCUT2D eigenvalue weighted by atomic mass is 19.1. The van der Waals surface area contributed by atoms with E-state index >= 15 is 0 Å². The first-order chi connectivity index (χ1) is 12.6. The summed E-state index contributed by atoms with van der Waals surface area (Å²) in [5.41, 5.74) is 1.93. The van der Waals surface area contributed by atoms with E-state index < -0.39 is 11.6 Å². The lowest BCUT2D eigenvalue weighted by Crippen LogP contribution is -2.30. The maximum absolute atomic E-state index is 14.3. The fourth-order valence-electron chi connectivity index (χ4n) is 3.46. The van der Waals surface area contributed by atoms with Crippen molar-refractivity contribution in [1.82, 2.24) is 15.1 Å². The summed E-state index contributed by atoms with van der Waals surface area (Å²) in [6.07, 6.45) is 7.04. The first kappa shape index (κ1) is 18.8. The second kappa shape index (κ2) is 8.62. The number of hydrogen-bond acceptors (Lipinski definition) is 3. The third-order valence-corrected chi connectivity index (χ3v) is 4.89. The highest BCUT2D eigenvalue weighted by Crippen LogP contribution is 2.28. The molecule has 2 aromatic rings. The quantitative estimate of drug-likeness (QED) is 0.777. The molecule has 3 rings (SSSR count). The van der Waals surface area contributed by atoms with E-state index in [9.17, 15) is 8.78 Å². The predicted molar refractivity (Wildman–Crippen MR) is 97.7 cm³/mol. The number of nitrogens with zero attached hydrogens (tertiary/aromatic N) is 2. The van der Waals surface area contributed by atoms with E-state index in [4.69, 9.17) is 4.74 Å². The predicted octanol–water partition coefficient (Wildman–Crippen LogP) is 4.67. The van der Waals surface area contributed by atoms with Crippen molar-refractivity contribution in [3.63, 3.8) is 0 Å². The molecule has 1 N–H and O–H groups in total. The van der Waals surface area contributed by atoms with Crippen molar-refractivity contribution >= 4 is 0 Å². The zero-order valence-corrected chi connectivity index (χ0v) is 15.5. The fourth-order valence-corrected chi connectivity index (χ4v) is 3.46. The van der Waals surface area contributed by atoms with Gasteiger partial charge in [0.05, 0.1) is 17.9 Å². The highest BCUT2D eigenvalue weighted by molar-refractivity contribution is 5.42. The molecule has 6 heteroatoms. The van der Waals surface area contributed by atoms with Crippen LogP contribution in [0.4, 0.5) is 8.78 Å². The number of ether oxygens (including phenoxy) is 1. The lowest BCUT2D eigenvalue weighted by molar-refractivity contribution is 0.290. The van der Waals surface area contributed by atoms with Gasteiger partial charge in [0.2, 0.25) is 5.88 Å². The van der Waals surface area contributed by atoms with Crippen LogP contribution in [0.2, 0.25) is 0 Å². The van der Waals surface area contributed by atoms with Crippen LogP contribution in [-0.4, -0.2) is 22.4 Å². The first-order valence-electron chi connectivity index (χ1n) is 9.50. The van der Waals surface area contributed by atoms with Gasteiger partial charge in [-0.25, -0.2) is 8.78 Å². The van der Waals surface area contributed by atoms with Gasteiger partial charge in [0.25, 0.3) is 0 Å². The van der Waals surface area contributed by atoms with Gasteiger partial charge in [-0.05, 0) is 38.3 Å². The lowest BCUT2D eigenvalue weighted by atomic mass is 9.95. The molecule has 0 radical (unpaired) electrons. The molecular weight excluding hydrogens is 336 g/mol. The Labute approximate surface area is 153 Å². The van der Waals surface area contributed by atoms with Gasteiger partial charge in [-0.1, -0.05) is 26.2 Å². The number of hydrogen-bond donors (Lipinski definition) is 1. The zero-order chi connectivity index (χ0) is 18.5. The normalized spacial score (nSPS) is 15.4. The van der Waals surface area contributed by atoms with Crippen molar-refractivity contribution in [2.75, 3.05) is 6.61 Å². The summed E-state index contributed by atoms with van der Waals surface area (Å²) in [5, 5.41) is 8.07. The SMILES string of the molecule is CCCOc1c(CNC2CCCCC2)c(C)nn1-c1ccc(F)cc1F. The Hall–Kier alpha value is -1.95. The summed E-state index contributed by atoms with van der Waals surface area (Å²) in [7, 11) is 0. The van der Waals surface area contributed by atoms with Crippen LogP contribution in [0.1, 0.15) is 56.7 Å². The zero-order valence-electron chi connectivity index (χ0n) is 15.5. The number of halogens is 2. The van der Waals surface area contributed by atoms with Crippen LogP contribution in [0.25, 0.3) is 5.69 Å².